The summed E-state index contributed by atoms with van der Waals surface area (Å²) in [5.74, 6) is -2.45. The monoisotopic (exact) mass is 909 g/mol. The average Bonchev–Trinajstić information content (AvgIpc) is 3.87. The van der Waals surface area contributed by atoms with Gasteiger partial charge in [-0.3, -0.25) is 19.2 Å². The summed E-state index contributed by atoms with van der Waals surface area (Å²) in [4.78, 5) is 52.2. The summed E-state index contributed by atoms with van der Waals surface area (Å²) < 4.78 is 31.2. The summed E-state index contributed by atoms with van der Waals surface area (Å²) in [5, 5.41) is 53.8. The van der Waals surface area contributed by atoms with Gasteiger partial charge in [0.25, 0.3) is 0 Å². The van der Waals surface area contributed by atoms with Crippen molar-refractivity contribution in [3.63, 3.8) is 0 Å². The molecule has 65 heavy (non-hydrogen) atoms. The molecule has 4 aliphatic heterocycles. The Morgan fingerprint density at radius 2 is 1.62 bits per heavy atom. The second-order valence-electron chi connectivity index (χ2n) is 18.0. The van der Waals surface area contributed by atoms with Gasteiger partial charge in [-0.1, -0.05) is 106 Å². The Morgan fingerprint density at radius 1 is 0.923 bits per heavy atom. The van der Waals surface area contributed by atoms with Gasteiger partial charge >= 0.3 is 5.97 Å². The fraction of sp³-hybridized carbons (Fsp3) is 0.646. The average molecular weight is 910 g/mol. The number of carbonyl (C=O) groups is 3. The number of fused-ring (bicyclic) bond motifs is 4. The number of benzene rings is 2. The predicted octanol–water partition coefficient (Wildman–Crippen LogP) is 2.14. The quantitative estimate of drug-likeness (QED) is 0.0736. The molecule has 4 heterocycles. The molecule has 12 atom stereocenters. The van der Waals surface area contributed by atoms with Gasteiger partial charge in [-0.15, -0.1) is 0 Å². The summed E-state index contributed by atoms with van der Waals surface area (Å²) in [6.45, 7) is 3.54. The topological polar surface area (TPSA) is 226 Å². The summed E-state index contributed by atoms with van der Waals surface area (Å²) in [5.41, 5.74) is 0.873. The van der Waals surface area contributed by atoms with Gasteiger partial charge in [0.15, 0.2) is 18.1 Å². The Labute approximate surface area is 380 Å². The maximum Gasteiger partial charge on any atom is 0.327 e. The van der Waals surface area contributed by atoms with Crippen LogP contribution in [0.3, 0.4) is 0 Å². The van der Waals surface area contributed by atoms with E-state index in [-0.39, 0.29) is 39.1 Å². The van der Waals surface area contributed by atoms with Crippen LogP contribution < -0.4 is 5.32 Å². The Morgan fingerprint density at radius 3 is 2.28 bits per heavy atom. The number of amides is 2. The molecule has 2 aromatic carbocycles. The molecule has 4 saturated heterocycles. The highest BCUT2D eigenvalue weighted by Crippen LogP contribution is 2.58. The highest BCUT2D eigenvalue weighted by atomic mass is 16.8. The van der Waals surface area contributed by atoms with E-state index in [4.69, 9.17) is 28.5 Å². The van der Waals surface area contributed by atoms with Crippen molar-refractivity contribution in [2.45, 2.75) is 158 Å². The van der Waals surface area contributed by atoms with E-state index in [1.165, 1.54) is 9.96 Å². The first-order valence-corrected chi connectivity index (χ1v) is 23.3. The second kappa shape index (κ2) is 21.8. The van der Waals surface area contributed by atoms with Crippen molar-refractivity contribution in [2.75, 3.05) is 33.4 Å². The minimum atomic E-state index is -1.54. The van der Waals surface area contributed by atoms with Gasteiger partial charge in [-0.2, -0.15) is 5.06 Å². The van der Waals surface area contributed by atoms with E-state index in [1.54, 1.807) is 19.2 Å². The van der Waals surface area contributed by atoms with Gasteiger partial charge in [0.05, 0.1) is 26.4 Å². The number of nitrogens with zero attached hydrogens (tertiary/aromatic N) is 2. The minimum absolute atomic E-state index is 0.00538. The van der Waals surface area contributed by atoms with E-state index in [2.05, 4.69) is 19.2 Å². The zero-order valence-corrected chi connectivity index (χ0v) is 37.6. The standard InChI is InChI=1S/C48H67N3O14/c1-4-6-11-21-47(22-12-7-5-2)63-39-34-27-48(46(59)50(3)33(43(57)49-23-24-52)26-31-14-9-8-10-15-31)41(44(58)61-34)51(65-42(48)40(39)64-47)28-32-19-17-30(18-20-32)16-13-25-60-45-38(56)37(55)36(54)35(29-53)62-45/h8-10,13-20,33-42,45,52-56H,4-7,11-12,21-29H2,1-3H3,(H,49,57)/t33-,34-,35-,36+,37+,38-,39+,40+,41-,42-,45+,48-/m1/s1. The van der Waals surface area contributed by atoms with Crippen molar-refractivity contribution < 1.29 is 68.4 Å². The molecule has 6 N–H and O–H groups in total. The van der Waals surface area contributed by atoms with Crippen LogP contribution in [0.4, 0.5) is 0 Å². The van der Waals surface area contributed by atoms with E-state index in [1.807, 2.05) is 54.6 Å². The molecule has 17 nitrogen and oxygen atoms in total. The van der Waals surface area contributed by atoms with E-state index in [0.717, 1.165) is 55.2 Å². The number of carbonyl (C=O) groups excluding carboxylic acids is 3. The zero-order chi connectivity index (χ0) is 46.3. The van der Waals surface area contributed by atoms with Crippen molar-refractivity contribution in [3.05, 3.63) is 77.4 Å². The Hall–Kier alpha value is -3.85. The fourth-order valence-corrected chi connectivity index (χ4v) is 10.1. The molecule has 2 amide bonds. The number of unbranched alkanes of at least 4 members (excludes halogenated alkanes) is 4. The first-order valence-electron chi connectivity index (χ1n) is 23.3. The Balaban J connectivity index is 1.16. The van der Waals surface area contributed by atoms with Crippen LogP contribution >= 0.6 is 0 Å². The maximum atomic E-state index is 15.6. The molecule has 0 spiro atoms. The zero-order valence-electron chi connectivity index (χ0n) is 37.6. The van der Waals surface area contributed by atoms with Crippen LogP contribution in [-0.2, 0) is 55.9 Å². The van der Waals surface area contributed by atoms with Crippen molar-refractivity contribution in [1.82, 2.24) is 15.3 Å². The largest absolute Gasteiger partial charge is 0.458 e. The minimum Gasteiger partial charge on any atom is -0.458 e. The van der Waals surface area contributed by atoms with Crippen LogP contribution in [0.1, 0.15) is 88.3 Å². The van der Waals surface area contributed by atoms with Crippen LogP contribution in [0.15, 0.2) is 60.7 Å². The molecular formula is C48H67N3O14. The van der Waals surface area contributed by atoms with Crippen LogP contribution in [0, 0.1) is 5.41 Å². The van der Waals surface area contributed by atoms with E-state index < -0.39 is 103 Å². The fourth-order valence-electron chi connectivity index (χ4n) is 10.1. The summed E-state index contributed by atoms with van der Waals surface area (Å²) in [6, 6.07) is 14.7. The number of esters is 1. The normalized spacial score (nSPS) is 32.0. The van der Waals surface area contributed by atoms with Crippen molar-refractivity contribution in [1.29, 1.82) is 0 Å². The number of aliphatic hydroxyl groups excluding tert-OH is 5. The SMILES string of the molecule is CCCCCC1(CCCCC)O[C@@H]2[C@H](O1)[C@H]1ON(Cc3ccc(C=CCO[C@H]4O[C@H](CO)[C@H](O)[C@H](O)[C@H]4O)cc3)[C@@H]3C(=O)O[C@@H]2C[C@]13C(=O)N(C)[C@H](Cc1ccccc1)C(=O)NCCO. The first-order chi connectivity index (χ1) is 31.4. The highest BCUT2D eigenvalue weighted by molar-refractivity contribution is 5.96. The second-order valence-corrected chi connectivity index (χ2v) is 18.0. The number of hydrogen-bond donors (Lipinski definition) is 6. The van der Waals surface area contributed by atoms with Gasteiger partial charge < -0.3 is 59.4 Å². The third-order valence-electron chi connectivity index (χ3n) is 13.6. The van der Waals surface area contributed by atoms with Gasteiger partial charge in [-0.25, -0.2) is 0 Å². The van der Waals surface area contributed by atoms with Crippen molar-refractivity contribution in [3.8, 4) is 0 Å². The van der Waals surface area contributed by atoms with Crippen LogP contribution in [-0.4, -0.2) is 160 Å². The number of rotatable bonds is 22. The van der Waals surface area contributed by atoms with Gasteiger partial charge in [0.2, 0.25) is 11.8 Å². The van der Waals surface area contributed by atoms with Crippen LogP contribution in [0.5, 0.6) is 0 Å². The number of ether oxygens (including phenoxy) is 5. The number of aliphatic hydroxyl groups is 5. The van der Waals surface area contributed by atoms with Crippen molar-refractivity contribution in [2.24, 2.45) is 5.41 Å². The summed E-state index contributed by atoms with van der Waals surface area (Å²) >= 11 is 0. The lowest BCUT2D eigenvalue weighted by atomic mass is 9.62. The van der Waals surface area contributed by atoms with E-state index in [9.17, 15) is 35.1 Å². The molecule has 5 aliphatic rings. The number of hydrogen-bond acceptors (Lipinski definition) is 15. The Kier molecular flexibility index (Phi) is 16.5. The molecule has 7 rings (SSSR count). The molecule has 1 saturated carbocycles. The summed E-state index contributed by atoms with van der Waals surface area (Å²) in [7, 11) is 1.58. The van der Waals surface area contributed by atoms with Gasteiger partial charge in [-0.05, 0) is 29.5 Å². The molecular weight excluding hydrogens is 843 g/mol. The van der Waals surface area contributed by atoms with E-state index >= 15 is 4.79 Å². The molecule has 0 aromatic heterocycles. The lowest BCUT2D eigenvalue weighted by Gasteiger charge is -2.50. The first kappa shape index (κ1) is 49.1. The Bertz CT molecular complexity index is 1910. The maximum absolute atomic E-state index is 15.6. The predicted molar refractivity (Wildman–Crippen MR) is 234 cm³/mol. The van der Waals surface area contributed by atoms with Crippen molar-refractivity contribution >= 4 is 23.9 Å². The third-order valence-corrected chi connectivity index (χ3v) is 13.6. The van der Waals surface area contributed by atoms with Crippen LogP contribution in [0.2, 0.25) is 0 Å². The molecule has 5 fully saturated rings. The van der Waals surface area contributed by atoms with Crippen LogP contribution in [0.25, 0.3) is 6.08 Å². The third kappa shape index (κ3) is 10.4. The van der Waals surface area contributed by atoms with Gasteiger partial charge in [0.1, 0.15) is 60.3 Å². The molecule has 0 radical (unpaired) electrons. The molecule has 2 bridgehead atoms. The molecule has 17 heteroatoms. The lowest BCUT2D eigenvalue weighted by Crippen LogP contribution is -2.70. The number of likely N-dealkylation sites (N-methyl/N-ethyl adjacent to an activating group) is 1. The highest BCUT2D eigenvalue weighted by Gasteiger charge is 2.76. The number of nitrogens with one attached hydrogen (secondary N) is 1. The summed E-state index contributed by atoms with van der Waals surface area (Å²) in [6.07, 6.45) is 0.726. The molecule has 1 aliphatic carbocycles. The molecule has 358 valence electrons. The molecule has 0 unspecified atom stereocenters. The lowest BCUT2D eigenvalue weighted by molar-refractivity contribution is -0.298. The number of hydroxylamine groups is 2. The smallest absolute Gasteiger partial charge is 0.327 e. The van der Waals surface area contributed by atoms with Gasteiger partial charge in [0, 0.05) is 39.3 Å². The molecule has 2 aromatic rings. The van der Waals surface area contributed by atoms with E-state index in [0.29, 0.717) is 12.8 Å².